The molecule has 0 aliphatic heterocycles. The Morgan fingerprint density at radius 3 is 0.782 bits per heavy atom. The van der Waals surface area contributed by atoms with Crippen molar-refractivity contribution in [3.8, 4) is 0 Å². The molecule has 0 saturated carbocycles. The molecule has 6 heteroatoms. The van der Waals surface area contributed by atoms with Gasteiger partial charge in [-0.25, -0.2) is 0 Å². The maximum Gasteiger partial charge on any atom is 0.306 e. The number of ether oxygens (including phenoxy) is 3. The van der Waals surface area contributed by atoms with Crippen LogP contribution in [0.2, 0.25) is 0 Å². The Morgan fingerprint density at radius 2 is 0.500 bits per heavy atom. The molecule has 0 aromatic carbocycles. The van der Waals surface area contributed by atoms with Crippen LogP contribution in [-0.4, -0.2) is 37.2 Å². The quantitative estimate of drug-likeness (QED) is 0.0261. The van der Waals surface area contributed by atoms with Crippen LogP contribution in [0.1, 0.15) is 310 Å². The molecule has 0 amide bonds. The number of rotatable bonds is 59. The van der Waals surface area contributed by atoms with Gasteiger partial charge in [0.2, 0.25) is 0 Å². The standard InChI is InChI=1S/C72H122O6/c1-4-7-10-13-16-19-22-25-28-31-33-34-35-36-37-38-39-42-44-47-50-53-56-59-62-65-71(74)77-68-69(67-76-70(73)64-61-58-55-52-49-46-43-40-30-27-24-21-18-15-12-9-6-3)78-72(75)66-63-60-57-54-51-48-45-41-32-29-26-23-20-17-14-11-8-5-2/h7,9-10,12,16,18-19,21,25,27-28,30,33-34,36-37,39,42,69H,4-6,8,11,13-15,17,20,22-24,26,29,31-32,35,38,40-41,43-68H2,1-3H3/b10-7-,12-9-,19-16-,21-18-,28-25-,30-27-,34-33-,37-36-,42-39-. The number of hydrogen-bond donors (Lipinski definition) is 0. The smallest absolute Gasteiger partial charge is 0.306 e. The Morgan fingerprint density at radius 1 is 0.269 bits per heavy atom. The Bertz CT molecular complexity index is 1570. The van der Waals surface area contributed by atoms with Crippen molar-refractivity contribution >= 4 is 17.9 Å². The summed E-state index contributed by atoms with van der Waals surface area (Å²) in [4.78, 5) is 38.4. The lowest BCUT2D eigenvalue weighted by atomic mass is 10.0. The highest BCUT2D eigenvalue weighted by Gasteiger charge is 2.19. The first-order chi connectivity index (χ1) is 38.5. The molecule has 0 bridgehead atoms. The van der Waals surface area contributed by atoms with Crippen LogP contribution in [0, 0.1) is 0 Å². The summed E-state index contributed by atoms with van der Waals surface area (Å²) in [6, 6.07) is 0. The number of esters is 3. The molecule has 0 saturated heterocycles. The van der Waals surface area contributed by atoms with Crippen molar-refractivity contribution in [3.05, 3.63) is 109 Å². The zero-order chi connectivity index (χ0) is 56.4. The van der Waals surface area contributed by atoms with Gasteiger partial charge in [0.1, 0.15) is 13.2 Å². The molecule has 1 unspecified atom stereocenters. The molecule has 0 N–H and O–H groups in total. The second kappa shape index (κ2) is 65.6. The molecule has 0 spiro atoms. The summed E-state index contributed by atoms with van der Waals surface area (Å²) in [5.41, 5.74) is 0. The normalized spacial score (nSPS) is 12.8. The second-order valence-electron chi connectivity index (χ2n) is 21.6. The lowest BCUT2D eigenvalue weighted by Crippen LogP contribution is -2.30. The average Bonchev–Trinajstić information content (AvgIpc) is 3.44. The maximum absolute atomic E-state index is 12.9. The van der Waals surface area contributed by atoms with E-state index in [1.165, 1.54) is 135 Å². The van der Waals surface area contributed by atoms with Gasteiger partial charge in [0.15, 0.2) is 6.10 Å². The first kappa shape index (κ1) is 74.1. The van der Waals surface area contributed by atoms with Crippen molar-refractivity contribution in [2.75, 3.05) is 13.2 Å². The highest BCUT2D eigenvalue weighted by molar-refractivity contribution is 5.71. The molecule has 0 aliphatic rings. The van der Waals surface area contributed by atoms with Crippen LogP contribution >= 0.6 is 0 Å². The Kier molecular flexibility index (Phi) is 62.3. The maximum atomic E-state index is 12.9. The van der Waals surface area contributed by atoms with Gasteiger partial charge in [0, 0.05) is 19.3 Å². The van der Waals surface area contributed by atoms with E-state index in [0.29, 0.717) is 19.3 Å². The Labute approximate surface area is 482 Å². The van der Waals surface area contributed by atoms with E-state index in [1.807, 2.05) is 0 Å². The predicted octanol–water partition coefficient (Wildman–Crippen LogP) is 22.6. The highest BCUT2D eigenvalue weighted by atomic mass is 16.6. The number of carbonyl (C=O) groups excluding carboxylic acids is 3. The molecule has 0 aliphatic carbocycles. The zero-order valence-corrected chi connectivity index (χ0v) is 51.2. The monoisotopic (exact) mass is 1080 g/mol. The summed E-state index contributed by atoms with van der Waals surface area (Å²) in [6.07, 6.45) is 89.5. The lowest BCUT2D eigenvalue weighted by molar-refractivity contribution is -0.167. The number of hydrogen-bond acceptors (Lipinski definition) is 6. The van der Waals surface area contributed by atoms with Gasteiger partial charge >= 0.3 is 17.9 Å². The first-order valence-electron chi connectivity index (χ1n) is 32.9. The van der Waals surface area contributed by atoms with Crippen LogP contribution in [0.4, 0.5) is 0 Å². The van der Waals surface area contributed by atoms with Crippen LogP contribution in [0.15, 0.2) is 109 Å². The van der Waals surface area contributed by atoms with E-state index in [0.717, 1.165) is 135 Å². The fourth-order valence-electron chi connectivity index (χ4n) is 9.17. The van der Waals surface area contributed by atoms with Crippen LogP contribution < -0.4 is 0 Å². The SMILES string of the molecule is CC/C=C\C/C=C\C/C=C\C/C=C\C/C=C\C/C=C\CCCCCCCCC(=O)OCC(COC(=O)CCCCCCCCC/C=C\C/C=C\C/C=C\CC)OC(=O)CCCCCCCCCCCCCCCCCCCC. The van der Waals surface area contributed by atoms with Crippen LogP contribution in [0.3, 0.4) is 0 Å². The summed E-state index contributed by atoms with van der Waals surface area (Å²) in [5.74, 6) is -0.898. The van der Waals surface area contributed by atoms with E-state index < -0.39 is 6.10 Å². The molecule has 78 heavy (non-hydrogen) atoms. The minimum absolute atomic E-state index is 0.0867. The molecule has 0 rings (SSSR count). The molecule has 0 radical (unpaired) electrons. The van der Waals surface area contributed by atoms with Crippen LogP contribution in [0.5, 0.6) is 0 Å². The molecular weight excluding hydrogens is 961 g/mol. The minimum atomic E-state index is -0.790. The molecule has 6 nitrogen and oxygen atoms in total. The van der Waals surface area contributed by atoms with Crippen molar-refractivity contribution < 1.29 is 28.6 Å². The molecule has 0 aromatic rings. The van der Waals surface area contributed by atoms with Gasteiger partial charge in [-0.1, -0.05) is 297 Å². The first-order valence-corrected chi connectivity index (χ1v) is 32.9. The highest BCUT2D eigenvalue weighted by Crippen LogP contribution is 2.17. The second-order valence-corrected chi connectivity index (χ2v) is 21.6. The molecule has 0 heterocycles. The predicted molar refractivity (Wildman–Crippen MR) is 339 cm³/mol. The van der Waals surface area contributed by atoms with Crippen molar-refractivity contribution in [2.24, 2.45) is 0 Å². The molecule has 0 aromatic heterocycles. The van der Waals surface area contributed by atoms with Gasteiger partial charge in [-0.2, -0.15) is 0 Å². The number of unbranched alkanes of at least 4 members (excludes halogenated alkanes) is 30. The van der Waals surface area contributed by atoms with Gasteiger partial charge in [0.25, 0.3) is 0 Å². The van der Waals surface area contributed by atoms with E-state index >= 15 is 0 Å². The van der Waals surface area contributed by atoms with Gasteiger partial charge in [-0.3, -0.25) is 14.4 Å². The van der Waals surface area contributed by atoms with Gasteiger partial charge < -0.3 is 14.2 Å². The molecular formula is C72H122O6. The van der Waals surface area contributed by atoms with Gasteiger partial charge in [-0.05, 0) is 103 Å². The van der Waals surface area contributed by atoms with E-state index in [9.17, 15) is 14.4 Å². The number of carbonyl (C=O) groups is 3. The molecule has 446 valence electrons. The zero-order valence-electron chi connectivity index (χ0n) is 51.2. The minimum Gasteiger partial charge on any atom is -0.462 e. The third-order valence-electron chi connectivity index (χ3n) is 14.0. The van der Waals surface area contributed by atoms with Crippen molar-refractivity contribution in [1.29, 1.82) is 0 Å². The van der Waals surface area contributed by atoms with Crippen molar-refractivity contribution in [2.45, 2.75) is 316 Å². The topological polar surface area (TPSA) is 78.9 Å². The third kappa shape index (κ3) is 62.9. The summed E-state index contributed by atoms with van der Waals surface area (Å²) >= 11 is 0. The van der Waals surface area contributed by atoms with Crippen LogP contribution in [0.25, 0.3) is 0 Å². The summed E-state index contributed by atoms with van der Waals surface area (Å²) in [7, 11) is 0. The summed E-state index contributed by atoms with van der Waals surface area (Å²) in [5, 5.41) is 0. The largest absolute Gasteiger partial charge is 0.462 e. The Balaban J connectivity index is 4.40. The van der Waals surface area contributed by atoms with E-state index in [4.69, 9.17) is 14.2 Å². The lowest BCUT2D eigenvalue weighted by Gasteiger charge is -2.18. The van der Waals surface area contributed by atoms with E-state index in [-0.39, 0.29) is 31.1 Å². The third-order valence-corrected chi connectivity index (χ3v) is 14.0. The van der Waals surface area contributed by atoms with Crippen molar-refractivity contribution in [1.82, 2.24) is 0 Å². The van der Waals surface area contributed by atoms with Crippen molar-refractivity contribution in [3.63, 3.8) is 0 Å². The molecule has 1 atom stereocenters. The fourth-order valence-corrected chi connectivity index (χ4v) is 9.17. The number of allylic oxidation sites excluding steroid dienone is 18. The van der Waals surface area contributed by atoms with Gasteiger partial charge in [0.05, 0.1) is 0 Å². The Hall–Kier alpha value is -3.93. The van der Waals surface area contributed by atoms with Crippen LogP contribution in [-0.2, 0) is 28.6 Å². The van der Waals surface area contributed by atoms with Gasteiger partial charge in [-0.15, -0.1) is 0 Å². The molecule has 0 fully saturated rings. The van der Waals surface area contributed by atoms with E-state index in [1.54, 1.807) is 0 Å². The summed E-state index contributed by atoms with van der Waals surface area (Å²) < 4.78 is 16.9. The summed E-state index contributed by atoms with van der Waals surface area (Å²) in [6.45, 7) is 6.43. The van der Waals surface area contributed by atoms with E-state index in [2.05, 4.69) is 130 Å². The average molecular weight is 1080 g/mol. The fraction of sp³-hybridized carbons (Fsp3) is 0.708.